The summed E-state index contributed by atoms with van der Waals surface area (Å²) in [4.78, 5) is 13.4. The van der Waals surface area contributed by atoms with E-state index in [1.165, 1.54) is 5.56 Å². The number of likely N-dealkylation sites (N-methyl/N-ethyl adjacent to an activating group) is 1. The van der Waals surface area contributed by atoms with Crippen molar-refractivity contribution in [2.24, 2.45) is 0 Å². The van der Waals surface area contributed by atoms with Crippen LogP contribution in [-0.4, -0.2) is 37.3 Å². The van der Waals surface area contributed by atoms with Gasteiger partial charge in [0.05, 0.1) is 6.04 Å². The number of amides is 1. The third-order valence-corrected chi connectivity index (χ3v) is 2.73. The summed E-state index contributed by atoms with van der Waals surface area (Å²) in [6.45, 7) is 2.80. The summed E-state index contributed by atoms with van der Waals surface area (Å²) in [6.07, 6.45) is 0. The van der Waals surface area contributed by atoms with E-state index >= 15 is 0 Å². The molecular weight excluding hydrogens is 271 g/mol. The van der Waals surface area contributed by atoms with E-state index in [4.69, 9.17) is 11.6 Å². The van der Waals surface area contributed by atoms with Gasteiger partial charge in [0, 0.05) is 6.54 Å². The van der Waals surface area contributed by atoms with Gasteiger partial charge in [-0.15, -0.1) is 24.0 Å². The monoisotopic (exact) mass is 290 g/mol. The Morgan fingerprint density at radius 3 is 2.33 bits per heavy atom. The van der Waals surface area contributed by atoms with E-state index in [1.54, 1.807) is 0 Å². The average Bonchev–Trinajstić information content (AvgIpc) is 2.28. The molecule has 0 aliphatic rings. The summed E-state index contributed by atoms with van der Waals surface area (Å²) in [6, 6.07) is 8.16. The van der Waals surface area contributed by atoms with Crippen LogP contribution in [0.15, 0.2) is 24.3 Å². The van der Waals surface area contributed by atoms with Crippen molar-refractivity contribution in [1.82, 2.24) is 10.2 Å². The van der Waals surface area contributed by atoms with E-state index < -0.39 is 0 Å². The van der Waals surface area contributed by atoms with Gasteiger partial charge in [0.2, 0.25) is 5.91 Å². The zero-order valence-electron chi connectivity index (χ0n) is 10.9. The normalized spacial score (nSPS) is 11.8. The smallest absolute Gasteiger partial charge is 0.235 e. The zero-order valence-corrected chi connectivity index (χ0v) is 12.5. The van der Waals surface area contributed by atoms with Gasteiger partial charge in [0.25, 0.3) is 0 Å². The first kappa shape index (κ1) is 17.2. The first-order chi connectivity index (χ1) is 8.02. The molecule has 102 valence electrons. The maximum atomic E-state index is 11.4. The Hall–Kier alpha value is -0.770. The van der Waals surface area contributed by atoms with Crippen LogP contribution >= 0.6 is 24.0 Å². The first-order valence-electron chi connectivity index (χ1n) is 5.59. The number of carbonyl (C=O) groups excluding carboxylic acids is 1. The van der Waals surface area contributed by atoms with E-state index in [0.29, 0.717) is 0 Å². The van der Waals surface area contributed by atoms with E-state index in [-0.39, 0.29) is 30.2 Å². The zero-order chi connectivity index (χ0) is 12.8. The van der Waals surface area contributed by atoms with Crippen LogP contribution in [-0.2, 0) is 4.79 Å². The molecule has 0 bridgehead atoms. The van der Waals surface area contributed by atoms with Crippen molar-refractivity contribution in [2.75, 3.05) is 26.5 Å². The van der Waals surface area contributed by atoms with E-state index in [2.05, 4.69) is 5.32 Å². The second-order valence-electron chi connectivity index (χ2n) is 4.43. The Morgan fingerprint density at radius 2 is 1.89 bits per heavy atom. The lowest BCUT2D eigenvalue weighted by Gasteiger charge is -2.22. The van der Waals surface area contributed by atoms with Gasteiger partial charge < -0.3 is 10.2 Å². The maximum Gasteiger partial charge on any atom is 0.235 e. The molecule has 1 rings (SSSR count). The lowest BCUT2D eigenvalue weighted by molar-refractivity contribution is -0.119. The third kappa shape index (κ3) is 5.71. The summed E-state index contributed by atoms with van der Waals surface area (Å²) in [5, 5.41) is 2.92. The fourth-order valence-electron chi connectivity index (χ4n) is 1.63. The Bertz CT molecular complexity index is 366. The molecule has 1 atom stereocenters. The van der Waals surface area contributed by atoms with Gasteiger partial charge in [0.1, 0.15) is 5.88 Å². The molecule has 0 fully saturated rings. The summed E-state index contributed by atoms with van der Waals surface area (Å²) in [5.41, 5.74) is 2.31. The summed E-state index contributed by atoms with van der Waals surface area (Å²) in [7, 11) is 3.96. The number of hydrogen-bond donors (Lipinski definition) is 1. The fourth-order valence-corrected chi connectivity index (χ4v) is 1.71. The van der Waals surface area contributed by atoms with Crippen molar-refractivity contribution < 1.29 is 4.79 Å². The number of halogens is 2. The standard InChI is InChI=1S/C13H19ClN2O.ClH/c1-10-4-6-11(7-5-10)12(9-16(2)3)15-13(17)8-14;/h4-7,12H,8-9H2,1-3H3,(H,15,17);1H. The van der Waals surface area contributed by atoms with Crippen molar-refractivity contribution in [3.63, 3.8) is 0 Å². The molecule has 3 nitrogen and oxygen atoms in total. The molecule has 1 aromatic rings. The van der Waals surface area contributed by atoms with Gasteiger partial charge in [-0.2, -0.15) is 0 Å². The highest BCUT2D eigenvalue weighted by Crippen LogP contribution is 2.14. The molecule has 18 heavy (non-hydrogen) atoms. The van der Waals surface area contributed by atoms with E-state index in [0.717, 1.165) is 12.1 Å². The van der Waals surface area contributed by atoms with Crippen molar-refractivity contribution in [2.45, 2.75) is 13.0 Å². The van der Waals surface area contributed by atoms with Gasteiger partial charge >= 0.3 is 0 Å². The highest BCUT2D eigenvalue weighted by molar-refractivity contribution is 6.27. The van der Waals surface area contributed by atoms with E-state index in [1.807, 2.05) is 50.2 Å². The topological polar surface area (TPSA) is 32.3 Å². The Kier molecular flexibility index (Phi) is 8.00. The van der Waals surface area contributed by atoms with Gasteiger partial charge in [-0.1, -0.05) is 29.8 Å². The van der Waals surface area contributed by atoms with Crippen molar-refractivity contribution >= 4 is 29.9 Å². The van der Waals surface area contributed by atoms with Crippen LogP contribution in [0.2, 0.25) is 0 Å². The van der Waals surface area contributed by atoms with Crippen LogP contribution in [0, 0.1) is 6.92 Å². The SMILES string of the molecule is Cc1ccc(C(CN(C)C)NC(=O)CCl)cc1.Cl. The minimum Gasteiger partial charge on any atom is -0.347 e. The number of nitrogens with one attached hydrogen (secondary N) is 1. The number of hydrogen-bond acceptors (Lipinski definition) is 2. The highest BCUT2D eigenvalue weighted by atomic mass is 35.5. The van der Waals surface area contributed by atoms with Crippen LogP contribution in [0.1, 0.15) is 17.2 Å². The molecule has 1 aromatic carbocycles. The Morgan fingerprint density at radius 1 is 1.33 bits per heavy atom. The van der Waals surface area contributed by atoms with Crippen LogP contribution in [0.3, 0.4) is 0 Å². The minimum absolute atomic E-state index is 0. The molecule has 0 aromatic heterocycles. The molecule has 0 radical (unpaired) electrons. The average molecular weight is 291 g/mol. The largest absolute Gasteiger partial charge is 0.347 e. The molecule has 0 saturated carbocycles. The van der Waals surface area contributed by atoms with Gasteiger partial charge in [-0.05, 0) is 26.6 Å². The van der Waals surface area contributed by atoms with Crippen molar-refractivity contribution in [3.05, 3.63) is 35.4 Å². The minimum atomic E-state index is -0.140. The fraction of sp³-hybridized carbons (Fsp3) is 0.462. The van der Waals surface area contributed by atoms with E-state index in [9.17, 15) is 4.79 Å². The quantitative estimate of drug-likeness (QED) is 0.845. The third-order valence-electron chi connectivity index (χ3n) is 2.48. The molecule has 0 aliphatic carbocycles. The van der Waals surface area contributed by atoms with Crippen molar-refractivity contribution in [3.8, 4) is 0 Å². The van der Waals surface area contributed by atoms with Crippen LogP contribution in [0.5, 0.6) is 0 Å². The van der Waals surface area contributed by atoms with Crippen LogP contribution < -0.4 is 5.32 Å². The Labute approximate surface area is 120 Å². The predicted octanol–water partition coefficient (Wildman–Crippen LogP) is 2.37. The number of rotatable bonds is 5. The molecule has 0 heterocycles. The summed E-state index contributed by atoms with van der Waals surface area (Å²) < 4.78 is 0. The molecule has 0 aliphatic heterocycles. The predicted molar refractivity (Wildman–Crippen MR) is 78.6 cm³/mol. The molecule has 0 saturated heterocycles. The van der Waals surface area contributed by atoms with Gasteiger partial charge in [-0.3, -0.25) is 4.79 Å². The summed E-state index contributed by atoms with van der Waals surface area (Å²) >= 11 is 5.52. The molecular formula is C13H20Cl2N2O. The number of aryl methyl sites for hydroxylation is 1. The lowest BCUT2D eigenvalue weighted by atomic mass is 10.0. The maximum absolute atomic E-state index is 11.4. The molecule has 1 amide bonds. The number of alkyl halides is 1. The van der Waals surface area contributed by atoms with Gasteiger partial charge in [-0.25, -0.2) is 0 Å². The number of nitrogens with zero attached hydrogens (tertiary/aromatic N) is 1. The second-order valence-corrected chi connectivity index (χ2v) is 4.69. The Balaban J connectivity index is 0.00000289. The highest BCUT2D eigenvalue weighted by Gasteiger charge is 2.14. The van der Waals surface area contributed by atoms with Crippen molar-refractivity contribution in [1.29, 1.82) is 0 Å². The number of carbonyl (C=O) groups is 1. The number of benzene rings is 1. The van der Waals surface area contributed by atoms with Gasteiger partial charge in [0.15, 0.2) is 0 Å². The molecule has 1 unspecified atom stereocenters. The second kappa shape index (κ2) is 8.35. The van der Waals surface area contributed by atoms with Crippen LogP contribution in [0.4, 0.5) is 0 Å². The van der Waals surface area contributed by atoms with Crippen LogP contribution in [0.25, 0.3) is 0 Å². The summed E-state index contributed by atoms with van der Waals surface area (Å²) in [5.74, 6) is -0.144. The first-order valence-corrected chi connectivity index (χ1v) is 6.13. The molecule has 0 spiro atoms. The molecule has 5 heteroatoms. The lowest BCUT2D eigenvalue weighted by Crippen LogP contribution is -2.35. The molecule has 1 N–H and O–H groups in total.